The van der Waals surface area contributed by atoms with Crippen molar-refractivity contribution in [1.82, 2.24) is 10.2 Å². The number of rotatable bonds is 7. The average Bonchev–Trinajstić information content (AvgIpc) is 3.21. The minimum Gasteiger partial charge on any atom is -0.395 e. The molecule has 1 aliphatic heterocycles. The van der Waals surface area contributed by atoms with Gasteiger partial charge in [-0.05, 0) is 24.7 Å². The lowest BCUT2D eigenvalue weighted by Gasteiger charge is -2.41. The van der Waals surface area contributed by atoms with Crippen LogP contribution in [-0.4, -0.2) is 61.5 Å². The number of hydrogen-bond acceptors (Lipinski definition) is 4. The van der Waals surface area contributed by atoms with E-state index in [-0.39, 0.29) is 12.6 Å². The molecule has 4 nitrogen and oxygen atoms in total. The van der Waals surface area contributed by atoms with Crippen LogP contribution in [-0.2, 0) is 4.74 Å². The van der Waals surface area contributed by atoms with Gasteiger partial charge in [-0.15, -0.1) is 0 Å². The van der Waals surface area contributed by atoms with E-state index >= 15 is 0 Å². The highest BCUT2D eigenvalue weighted by Crippen LogP contribution is 2.26. The summed E-state index contributed by atoms with van der Waals surface area (Å²) in [5, 5.41) is 13.1. The van der Waals surface area contributed by atoms with Crippen LogP contribution in [0.15, 0.2) is 0 Å². The van der Waals surface area contributed by atoms with E-state index in [2.05, 4.69) is 24.1 Å². The Balaban J connectivity index is 1.85. The van der Waals surface area contributed by atoms with Crippen LogP contribution in [0, 0.1) is 5.41 Å². The van der Waals surface area contributed by atoms with Gasteiger partial charge in [0, 0.05) is 25.7 Å². The summed E-state index contributed by atoms with van der Waals surface area (Å²) in [5.41, 5.74) is 0.299. The lowest BCUT2D eigenvalue weighted by Crippen LogP contribution is -2.52. The van der Waals surface area contributed by atoms with Crippen molar-refractivity contribution >= 4 is 0 Å². The van der Waals surface area contributed by atoms with Gasteiger partial charge in [0.1, 0.15) is 0 Å². The molecule has 1 heterocycles. The maximum absolute atomic E-state index is 9.42. The molecule has 2 unspecified atom stereocenters. The van der Waals surface area contributed by atoms with Gasteiger partial charge in [0.25, 0.3) is 0 Å². The highest BCUT2D eigenvalue weighted by Gasteiger charge is 2.32. The molecule has 4 heteroatoms. The van der Waals surface area contributed by atoms with Crippen LogP contribution in [0.2, 0.25) is 0 Å². The molecule has 106 valence electrons. The zero-order valence-electron chi connectivity index (χ0n) is 11.8. The molecule has 2 aliphatic rings. The summed E-state index contributed by atoms with van der Waals surface area (Å²) in [6.45, 7) is 9.38. The number of nitrogens with zero attached hydrogens (tertiary/aromatic N) is 1. The van der Waals surface area contributed by atoms with Crippen molar-refractivity contribution in [3.05, 3.63) is 0 Å². The van der Waals surface area contributed by atoms with Crippen LogP contribution < -0.4 is 5.32 Å². The highest BCUT2D eigenvalue weighted by atomic mass is 16.5. The molecule has 2 N–H and O–H groups in total. The Morgan fingerprint density at radius 2 is 2.22 bits per heavy atom. The Morgan fingerprint density at radius 1 is 1.44 bits per heavy atom. The minimum absolute atomic E-state index is 0.186. The molecule has 2 rings (SSSR count). The van der Waals surface area contributed by atoms with Gasteiger partial charge in [-0.2, -0.15) is 0 Å². The van der Waals surface area contributed by atoms with Crippen molar-refractivity contribution in [2.24, 2.45) is 5.41 Å². The van der Waals surface area contributed by atoms with Crippen molar-refractivity contribution in [3.8, 4) is 0 Å². The fourth-order valence-electron chi connectivity index (χ4n) is 2.53. The van der Waals surface area contributed by atoms with E-state index in [1.54, 1.807) is 0 Å². The molecule has 0 amide bonds. The van der Waals surface area contributed by atoms with Gasteiger partial charge in [0.15, 0.2) is 0 Å². The molecule has 2 fully saturated rings. The van der Waals surface area contributed by atoms with Crippen molar-refractivity contribution in [2.45, 2.75) is 45.2 Å². The highest BCUT2D eigenvalue weighted by molar-refractivity contribution is 4.88. The smallest absolute Gasteiger partial charge is 0.0644 e. The van der Waals surface area contributed by atoms with Crippen LogP contribution in [0.5, 0.6) is 0 Å². The SMILES string of the molecule is CCC(C)(CNC1CC1)CN1CCOCC1CO. The quantitative estimate of drug-likeness (QED) is 0.709. The molecule has 18 heavy (non-hydrogen) atoms. The number of morpholine rings is 1. The lowest BCUT2D eigenvalue weighted by atomic mass is 9.86. The van der Waals surface area contributed by atoms with Gasteiger partial charge < -0.3 is 15.2 Å². The molecule has 1 saturated carbocycles. The first kappa shape index (κ1) is 14.3. The molecule has 0 aromatic carbocycles. The second kappa shape index (κ2) is 6.33. The molecule has 0 spiro atoms. The van der Waals surface area contributed by atoms with Crippen molar-refractivity contribution < 1.29 is 9.84 Å². The van der Waals surface area contributed by atoms with Gasteiger partial charge in [-0.25, -0.2) is 0 Å². The molecular weight excluding hydrogens is 228 g/mol. The lowest BCUT2D eigenvalue weighted by molar-refractivity contribution is -0.0431. The first-order chi connectivity index (χ1) is 8.67. The Kier molecular flexibility index (Phi) is 5.01. The maximum atomic E-state index is 9.42. The summed E-state index contributed by atoms with van der Waals surface area (Å²) >= 11 is 0. The summed E-state index contributed by atoms with van der Waals surface area (Å²) in [6.07, 6.45) is 3.86. The normalized spacial score (nSPS) is 29.2. The number of hydrogen-bond donors (Lipinski definition) is 2. The monoisotopic (exact) mass is 256 g/mol. The van der Waals surface area contributed by atoms with E-state index in [0.717, 1.165) is 32.3 Å². The van der Waals surface area contributed by atoms with Crippen LogP contribution in [0.1, 0.15) is 33.1 Å². The number of aliphatic hydroxyl groups excluding tert-OH is 1. The van der Waals surface area contributed by atoms with E-state index in [0.29, 0.717) is 12.0 Å². The summed E-state index contributed by atoms with van der Waals surface area (Å²) in [6, 6.07) is 0.958. The first-order valence-corrected chi connectivity index (χ1v) is 7.33. The van der Waals surface area contributed by atoms with Gasteiger partial charge >= 0.3 is 0 Å². The second-order valence-electron chi connectivity index (χ2n) is 6.20. The van der Waals surface area contributed by atoms with E-state index in [1.807, 2.05) is 0 Å². The zero-order chi connectivity index (χ0) is 13.0. The summed E-state index contributed by atoms with van der Waals surface area (Å²) in [5.74, 6) is 0. The van der Waals surface area contributed by atoms with Crippen LogP contribution in [0.25, 0.3) is 0 Å². The molecular formula is C14H28N2O2. The van der Waals surface area contributed by atoms with E-state index < -0.39 is 0 Å². The maximum Gasteiger partial charge on any atom is 0.0644 e. The molecule has 0 aromatic rings. The Bertz CT molecular complexity index is 258. The fraction of sp³-hybridized carbons (Fsp3) is 1.00. The third kappa shape index (κ3) is 3.92. The topological polar surface area (TPSA) is 44.7 Å². The van der Waals surface area contributed by atoms with Crippen molar-refractivity contribution in [3.63, 3.8) is 0 Å². The van der Waals surface area contributed by atoms with Crippen molar-refractivity contribution in [2.75, 3.05) is 39.5 Å². The molecule has 1 saturated heterocycles. The van der Waals surface area contributed by atoms with Gasteiger partial charge in [-0.1, -0.05) is 13.8 Å². The van der Waals surface area contributed by atoms with Gasteiger partial charge in [0.05, 0.1) is 25.9 Å². The average molecular weight is 256 g/mol. The standard InChI is InChI=1S/C14H28N2O2/c1-3-14(2,10-15-12-4-5-12)11-16-6-7-18-9-13(16)8-17/h12-13,15,17H,3-11H2,1-2H3. The summed E-state index contributed by atoms with van der Waals surface area (Å²) in [4.78, 5) is 2.40. The first-order valence-electron chi connectivity index (χ1n) is 7.33. The Morgan fingerprint density at radius 3 is 2.83 bits per heavy atom. The third-order valence-corrected chi connectivity index (χ3v) is 4.39. The van der Waals surface area contributed by atoms with Gasteiger partial charge in [0.2, 0.25) is 0 Å². The molecule has 1 aliphatic carbocycles. The van der Waals surface area contributed by atoms with E-state index in [1.165, 1.54) is 19.3 Å². The second-order valence-corrected chi connectivity index (χ2v) is 6.20. The Labute approximate surface area is 111 Å². The Hall–Kier alpha value is -0.160. The number of nitrogens with one attached hydrogen (secondary N) is 1. The summed E-state index contributed by atoms with van der Waals surface area (Å²) in [7, 11) is 0. The van der Waals surface area contributed by atoms with Crippen molar-refractivity contribution in [1.29, 1.82) is 0 Å². The number of aliphatic hydroxyl groups is 1. The molecule has 0 radical (unpaired) electrons. The molecule has 0 aromatic heterocycles. The molecule has 0 bridgehead atoms. The number of ether oxygens (including phenoxy) is 1. The van der Waals surface area contributed by atoms with Crippen LogP contribution >= 0.6 is 0 Å². The van der Waals surface area contributed by atoms with Crippen LogP contribution in [0.4, 0.5) is 0 Å². The third-order valence-electron chi connectivity index (χ3n) is 4.39. The largest absolute Gasteiger partial charge is 0.395 e. The van der Waals surface area contributed by atoms with Gasteiger partial charge in [-0.3, -0.25) is 4.90 Å². The van der Waals surface area contributed by atoms with E-state index in [9.17, 15) is 5.11 Å². The minimum atomic E-state index is 0.186. The predicted octanol–water partition coefficient (Wildman–Crippen LogP) is 0.848. The van der Waals surface area contributed by atoms with Crippen LogP contribution in [0.3, 0.4) is 0 Å². The predicted molar refractivity (Wildman–Crippen MR) is 72.7 cm³/mol. The summed E-state index contributed by atoms with van der Waals surface area (Å²) < 4.78 is 5.44. The van der Waals surface area contributed by atoms with E-state index in [4.69, 9.17) is 4.74 Å². The fourth-order valence-corrected chi connectivity index (χ4v) is 2.53. The molecule has 2 atom stereocenters. The zero-order valence-corrected chi connectivity index (χ0v) is 11.8.